The molecule has 0 aromatic heterocycles. The summed E-state index contributed by atoms with van der Waals surface area (Å²) in [6, 6.07) is 6.80. The lowest BCUT2D eigenvalue weighted by Gasteiger charge is -2.46. The van der Waals surface area contributed by atoms with Crippen molar-refractivity contribution in [2.24, 2.45) is 0 Å². The normalized spacial score (nSPS) is 18.6. The van der Waals surface area contributed by atoms with Crippen LogP contribution in [0, 0.1) is 0 Å². The quantitative estimate of drug-likeness (QED) is 0.876. The lowest BCUT2D eigenvalue weighted by atomic mass is 9.95. The van der Waals surface area contributed by atoms with Gasteiger partial charge in [0.25, 0.3) is 0 Å². The summed E-state index contributed by atoms with van der Waals surface area (Å²) < 4.78 is 0. The topological polar surface area (TPSA) is 60.9 Å². The Hall–Kier alpha value is -2.04. The van der Waals surface area contributed by atoms with Crippen molar-refractivity contribution in [3.8, 4) is 0 Å². The van der Waals surface area contributed by atoms with Crippen LogP contribution in [-0.4, -0.2) is 47.6 Å². The highest BCUT2D eigenvalue weighted by atomic mass is 16.4. The number of likely N-dealkylation sites (N-methyl/N-ethyl adjacent to an activating group) is 1. The first-order valence-electron chi connectivity index (χ1n) is 6.21. The Morgan fingerprint density at radius 2 is 1.89 bits per heavy atom. The number of amides is 1. The average molecular weight is 262 g/mol. The SMILES string of the molecule is CN1CCN(c2ccccc2C(=O)O)C(C)(C)C1=O. The first-order chi connectivity index (χ1) is 8.85. The van der Waals surface area contributed by atoms with E-state index in [9.17, 15) is 14.7 Å². The van der Waals surface area contributed by atoms with Crippen molar-refractivity contribution in [3.63, 3.8) is 0 Å². The van der Waals surface area contributed by atoms with Crippen molar-refractivity contribution >= 4 is 17.6 Å². The number of hydrogen-bond acceptors (Lipinski definition) is 3. The third-order valence-electron chi connectivity index (χ3n) is 3.63. The molecule has 0 bridgehead atoms. The van der Waals surface area contributed by atoms with E-state index < -0.39 is 11.5 Å². The fourth-order valence-corrected chi connectivity index (χ4v) is 2.53. The maximum absolute atomic E-state index is 12.2. The fraction of sp³-hybridized carbons (Fsp3) is 0.429. The van der Waals surface area contributed by atoms with Crippen molar-refractivity contribution in [2.45, 2.75) is 19.4 Å². The van der Waals surface area contributed by atoms with Crippen molar-refractivity contribution in [1.29, 1.82) is 0 Å². The Bertz CT molecular complexity index is 525. The van der Waals surface area contributed by atoms with Crippen LogP contribution in [0.2, 0.25) is 0 Å². The van der Waals surface area contributed by atoms with E-state index >= 15 is 0 Å². The molecule has 0 aliphatic carbocycles. The summed E-state index contributed by atoms with van der Waals surface area (Å²) in [5.41, 5.74) is 0.0906. The van der Waals surface area contributed by atoms with Gasteiger partial charge in [0.05, 0.1) is 11.3 Å². The molecule has 0 atom stereocenters. The van der Waals surface area contributed by atoms with E-state index in [0.29, 0.717) is 18.8 Å². The summed E-state index contributed by atoms with van der Waals surface area (Å²) >= 11 is 0. The molecule has 1 saturated heterocycles. The highest BCUT2D eigenvalue weighted by Gasteiger charge is 2.41. The second kappa shape index (κ2) is 4.57. The van der Waals surface area contributed by atoms with Gasteiger partial charge >= 0.3 is 5.97 Å². The van der Waals surface area contributed by atoms with Crippen LogP contribution in [0.25, 0.3) is 0 Å². The van der Waals surface area contributed by atoms with Crippen LogP contribution in [0.4, 0.5) is 5.69 Å². The number of benzene rings is 1. The molecule has 19 heavy (non-hydrogen) atoms. The van der Waals surface area contributed by atoms with Gasteiger partial charge in [-0.3, -0.25) is 4.79 Å². The van der Waals surface area contributed by atoms with Crippen molar-refractivity contribution in [1.82, 2.24) is 4.90 Å². The van der Waals surface area contributed by atoms with Crippen molar-refractivity contribution in [3.05, 3.63) is 29.8 Å². The number of anilines is 1. The van der Waals surface area contributed by atoms with E-state index in [-0.39, 0.29) is 11.5 Å². The standard InChI is InChI=1S/C14H18N2O3/c1-14(2)13(19)15(3)8-9-16(14)11-7-5-4-6-10(11)12(17)18/h4-7H,8-9H2,1-3H3,(H,17,18). The van der Waals surface area contributed by atoms with Crippen LogP contribution >= 0.6 is 0 Å². The highest BCUT2D eigenvalue weighted by Crippen LogP contribution is 2.31. The Labute approximate surface area is 112 Å². The van der Waals surface area contributed by atoms with E-state index in [0.717, 1.165) is 0 Å². The van der Waals surface area contributed by atoms with Gasteiger partial charge in [-0.2, -0.15) is 0 Å². The molecule has 2 rings (SSSR count). The zero-order valence-corrected chi connectivity index (χ0v) is 11.4. The molecule has 0 unspecified atom stereocenters. The number of rotatable bonds is 2. The Morgan fingerprint density at radius 1 is 1.26 bits per heavy atom. The molecular formula is C14H18N2O3. The zero-order chi connectivity index (χ0) is 14.2. The van der Waals surface area contributed by atoms with Gasteiger partial charge in [-0.05, 0) is 26.0 Å². The summed E-state index contributed by atoms with van der Waals surface area (Å²) in [6.07, 6.45) is 0. The number of carboxylic acid groups (broad SMARTS) is 1. The number of carboxylic acids is 1. The second-order valence-electron chi connectivity index (χ2n) is 5.26. The maximum atomic E-state index is 12.2. The number of piperazine rings is 1. The van der Waals surface area contributed by atoms with E-state index in [1.807, 2.05) is 18.7 Å². The average Bonchev–Trinajstić information content (AvgIpc) is 2.36. The second-order valence-corrected chi connectivity index (χ2v) is 5.26. The molecule has 0 spiro atoms. The Morgan fingerprint density at radius 3 is 2.53 bits per heavy atom. The first-order valence-corrected chi connectivity index (χ1v) is 6.21. The molecule has 1 N–H and O–H groups in total. The molecule has 1 amide bonds. The summed E-state index contributed by atoms with van der Waals surface area (Å²) in [5, 5.41) is 9.26. The third-order valence-corrected chi connectivity index (χ3v) is 3.63. The minimum Gasteiger partial charge on any atom is -0.478 e. The van der Waals surface area contributed by atoms with Crippen LogP contribution < -0.4 is 4.90 Å². The third kappa shape index (κ3) is 2.16. The van der Waals surface area contributed by atoms with Gasteiger partial charge in [0.2, 0.25) is 5.91 Å². The van der Waals surface area contributed by atoms with Gasteiger partial charge < -0.3 is 14.9 Å². The number of carbonyl (C=O) groups is 2. The van der Waals surface area contributed by atoms with E-state index in [2.05, 4.69) is 0 Å². The molecule has 1 heterocycles. The van der Waals surface area contributed by atoms with E-state index in [1.54, 1.807) is 36.2 Å². The van der Waals surface area contributed by atoms with Crippen molar-refractivity contribution < 1.29 is 14.7 Å². The molecule has 1 aromatic carbocycles. The molecule has 1 aromatic rings. The van der Waals surface area contributed by atoms with E-state index in [1.165, 1.54) is 0 Å². The minimum atomic E-state index is -0.974. The zero-order valence-electron chi connectivity index (χ0n) is 11.4. The molecule has 1 aliphatic heterocycles. The maximum Gasteiger partial charge on any atom is 0.337 e. The summed E-state index contributed by atoms with van der Waals surface area (Å²) in [5.74, 6) is -0.975. The molecule has 1 fully saturated rings. The van der Waals surface area contributed by atoms with Crippen LogP contribution in [0.3, 0.4) is 0 Å². The number of hydrogen-bond donors (Lipinski definition) is 1. The van der Waals surface area contributed by atoms with Gasteiger partial charge in [0.1, 0.15) is 5.54 Å². The summed E-state index contributed by atoms with van der Waals surface area (Å²) in [6.45, 7) is 4.86. The largest absolute Gasteiger partial charge is 0.478 e. The van der Waals surface area contributed by atoms with Gasteiger partial charge in [0.15, 0.2) is 0 Å². The Balaban J connectivity index is 2.47. The molecule has 5 nitrogen and oxygen atoms in total. The minimum absolute atomic E-state index is 0.000980. The summed E-state index contributed by atoms with van der Waals surface area (Å²) in [7, 11) is 1.77. The molecular weight excluding hydrogens is 244 g/mol. The number of carbonyl (C=O) groups excluding carboxylic acids is 1. The fourth-order valence-electron chi connectivity index (χ4n) is 2.53. The van der Waals surface area contributed by atoms with Gasteiger partial charge in [-0.25, -0.2) is 4.79 Å². The molecule has 0 radical (unpaired) electrons. The van der Waals surface area contributed by atoms with Crippen molar-refractivity contribution in [2.75, 3.05) is 25.0 Å². The number of para-hydroxylation sites is 1. The number of nitrogens with zero attached hydrogens (tertiary/aromatic N) is 2. The molecule has 5 heteroatoms. The van der Waals surface area contributed by atoms with Gasteiger partial charge in [-0.15, -0.1) is 0 Å². The first kappa shape index (κ1) is 13.4. The van der Waals surface area contributed by atoms with Crippen LogP contribution in [0.1, 0.15) is 24.2 Å². The van der Waals surface area contributed by atoms with Gasteiger partial charge in [-0.1, -0.05) is 12.1 Å². The molecule has 1 aliphatic rings. The predicted octanol–water partition coefficient (Wildman–Crippen LogP) is 1.44. The smallest absolute Gasteiger partial charge is 0.337 e. The lowest BCUT2D eigenvalue weighted by molar-refractivity contribution is -0.136. The van der Waals surface area contributed by atoms with Crippen LogP contribution in [0.5, 0.6) is 0 Å². The highest BCUT2D eigenvalue weighted by molar-refractivity contribution is 5.97. The summed E-state index contributed by atoms with van der Waals surface area (Å²) in [4.78, 5) is 27.1. The molecule has 0 saturated carbocycles. The van der Waals surface area contributed by atoms with Crippen LogP contribution in [-0.2, 0) is 4.79 Å². The number of aromatic carboxylic acids is 1. The lowest BCUT2D eigenvalue weighted by Crippen LogP contribution is -2.62. The predicted molar refractivity (Wildman–Crippen MR) is 72.5 cm³/mol. The van der Waals surface area contributed by atoms with Crippen LogP contribution in [0.15, 0.2) is 24.3 Å². The molecule has 102 valence electrons. The Kier molecular flexibility index (Phi) is 3.22. The monoisotopic (exact) mass is 262 g/mol. The van der Waals surface area contributed by atoms with E-state index in [4.69, 9.17) is 0 Å². The van der Waals surface area contributed by atoms with Gasteiger partial charge in [0, 0.05) is 20.1 Å².